The normalized spacial score (nSPS) is 17.0. The van der Waals surface area contributed by atoms with Gasteiger partial charge in [-0.05, 0) is 61.4 Å². The molecule has 0 unspecified atom stereocenters. The maximum atomic E-state index is 12.6. The minimum Gasteiger partial charge on any atom is -0.333 e. The first-order chi connectivity index (χ1) is 13.1. The molecule has 1 atom stereocenters. The first-order valence-corrected chi connectivity index (χ1v) is 8.76. The smallest absolute Gasteiger partial charge is 0.333 e. The third-order valence-corrected chi connectivity index (χ3v) is 4.73. The number of halogens is 3. The van der Waals surface area contributed by atoms with Crippen LogP contribution >= 0.6 is 0 Å². The molecular formula is C20H20F3N3O2. The van der Waals surface area contributed by atoms with Gasteiger partial charge in [0.25, 0.3) is 0 Å². The lowest BCUT2D eigenvalue weighted by atomic mass is 10.1. The van der Waals surface area contributed by atoms with Crippen molar-refractivity contribution in [2.24, 2.45) is 0 Å². The molecule has 0 spiro atoms. The third kappa shape index (κ3) is 4.44. The molecule has 3 rings (SSSR count). The second-order valence-electron chi connectivity index (χ2n) is 6.85. The first kappa shape index (κ1) is 19.7. The topological polar surface area (TPSA) is 61.4 Å². The Labute approximate surface area is 160 Å². The lowest BCUT2D eigenvalue weighted by Gasteiger charge is -2.18. The van der Waals surface area contributed by atoms with Crippen LogP contribution in [-0.4, -0.2) is 24.5 Å². The molecule has 5 nitrogen and oxygen atoms in total. The van der Waals surface area contributed by atoms with E-state index in [2.05, 4.69) is 10.6 Å². The molecule has 0 aromatic heterocycles. The maximum absolute atomic E-state index is 12.6. The van der Waals surface area contributed by atoms with Crippen LogP contribution in [0.4, 0.5) is 29.3 Å². The van der Waals surface area contributed by atoms with Crippen molar-refractivity contribution in [2.75, 3.05) is 16.8 Å². The van der Waals surface area contributed by atoms with Crippen molar-refractivity contribution in [1.82, 2.24) is 5.32 Å². The van der Waals surface area contributed by atoms with Gasteiger partial charge in [0.1, 0.15) is 0 Å². The molecule has 148 valence electrons. The van der Waals surface area contributed by atoms with Crippen LogP contribution in [0.15, 0.2) is 42.5 Å². The van der Waals surface area contributed by atoms with Crippen molar-refractivity contribution in [1.29, 1.82) is 0 Å². The molecule has 2 N–H and O–H groups in total. The molecule has 1 saturated heterocycles. The summed E-state index contributed by atoms with van der Waals surface area (Å²) in [5.41, 5.74) is 2.42. The summed E-state index contributed by atoms with van der Waals surface area (Å²) in [5, 5.41) is 5.18. The van der Waals surface area contributed by atoms with E-state index in [0.717, 1.165) is 28.9 Å². The fourth-order valence-corrected chi connectivity index (χ4v) is 3.04. The van der Waals surface area contributed by atoms with E-state index in [1.807, 2.05) is 32.0 Å². The largest absolute Gasteiger partial charge is 0.416 e. The van der Waals surface area contributed by atoms with Crippen LogP contribution in [0.3, 0.4) is 0 Å². The van der Waals surface area contributed by atoms with Crippen molar-refractivity contribution in [3.8, 4) is 0 Å². The molecule has 0 bridgehead atoms. The number of amides is 3. The van der Waals surface area contributed by atoms with Crippen molar-refractivity contribution in [3.05, 3.63) is 59.2 Å². The Bertz CT molecular complexity index is 895. The van der Waals surface area contributed by atoms with Crippen LogP contribution < -0.4 is 15.5 Å². The number of carbonyl (C=O) groups is 2. The van der Waals surface area contributed by atoms with Crippen LogP contribution in [0, 0.1) is 13.8 Å². The SMILES string of the molecule is Cc1ccc(N2C[C@H](NC(=O)Nc3ccc(C(F)(F)F)cc3)CC2=O)cc1C. The van der Waals surface area contributed by atoms with E-state index in [4.69, 9.17) is 0 Å². The summed E-state index contributed by atoms with van der Waals surface area (Å²) in [6.07, 6.45) is -4.27. The van der Waals surface area contributed by atoms with Gasteiger partial charge in [-0.3, -0.25) is 4.79 Å². The fraction of sp³-hybridized carbons (Fsp3) is 0.300. The lowest BCUT2D eigenvalue weighted by Crippen LogP contribution is -2.39. The molecule has 1 heterocycles. The Balaban J connectivity index is 1.59. The first-order valence-electron chi connectivity index (χ1n) is 8.76. The van der Waals surface area contributed by atoms with Gasteiger partial charge in [0, 0.05) is 24.3 Å². The van der Waals surface area contributed by atoms with Crippen molar-refractivity contribution < 1.29 is 22.8 Å². The van der Waals surface area contributed by atoms with E-state index >= 15 is 0 Å². The molecule has 0 saturated carbocycles. The van der Waals surface area contributed by atoms with Crippen LogP contribution in [0.25, 0.3) is 0 Å². The highest BCUT2D eigenvalue weighted by molar-refractivity contribution is 5.97. The Morgan fingerprint density at radius 2 is 1.75 bits per heavy atom. The number of hydrogen-bond donors (Lipinski definition) is 2. The molecular weight excluding hydrogens is 371 g/mol. The number of nitrogens with one attached hydrogen (secondary N) is 2. The van der Waals surface area contributed by atoms with E-state index in [1.165, 1.54) is 12.1 Å². The molecule has 8 heteroatoms. The lowest BCUT2D eigenvalue weighted by molar-refractivity contribution is -0.137. The second-order valence-corrected chi connectivity index (χ2v) is 6.85. The molecule has 0 aliphatic carbocycles. The summed E-state index contributed by atoms with van der Waals surface area (Å²) in [7, 11) is 0. The predicted octanol–water partition coefficient (Wildman–Crippen LogP) is 4.25. The monoisotopic (exact) mass is 391 g/mol. The number of hydrogen-bond acceptors (Lipinski definition) is 2. The van der Waals surface area contributed by atoms with Crippen LogP contribution in [0.2, 0.25) is 0 Å². The van der Waals surface area contributed by atoms with E-state index in [9.17, 15) is 22.8 Å². The van der Waals surface area contributed by atoms with E-state index in [0.29, 0.717) is 6.54 Å². The van der Waals surface area contributed by atoms with Crippen LogP contribution in [0.1, 0.15) is 23.1 Å². The Morgan fingerprint density at radius 3 is 2.36 bits per heavy atom. The number of benzene rings is 2. The molecule has 2 aromatic carbocycles. The van der Waals surface area contributed by atoms with Gasteiger partial charge in [-0.15, -0.1) is 0 Å². The highest BCUT2D eigenvalue weighted by atomic mass is 19.4. The molecule has 3 amide bonds. The quantitative estimate of drug-likeness (QED) is 0.822. The number of urea groups is 1. The summed E-state index contributed by atoms with van der Waals surface area (Å²) in [4.78, 5) is 26.0. The predicted molar refractivity (Wildman–Crippen MR) is 100 cm³/mol. The zero-order valence-corrected chi connectivity index (χ0v) is 15.4. The van der Waals surface area contributed by atoms with Gasteiger partial charge >= 0.3 is 12.2 Å². The standard InChI is InChI=1S/C20H20F3N3O2/c1-12-3-8-17(9-13(12)2)26-11-16(10-18(26)27)25-19(28)24-15-6-4-14(5-7-15)20(21,22)23/h3-9,16H,10-11H2,1-2H3,(H2,24,25,28)/t16-/m1/s1. The summed E-state index contributed by atoms with van der Waals surface area (Å²) in [5.74, 6) is -0.0944. The van der Waals surface area contributed by atoms with Crippen LogP contribution in [-0.2, 0) is 11.0 Å². The second kappa shape index (κ2) is 7.53. The summed E-state index contributed by atoms with van der Waals surface area (Å²) >= 11 is 0. The number of carbonyl (C=O) groups excluding carboxylic acids is 2. The third-order valence-electron chi connectivity index (χ3n) is 4.73. The minimum atomic E-state index is -4.43. The maximum Gasteiger partial charge on any atom is 0.416 e. The minimum absolute atomic E-state index is 0.0944. The number of anilines is 2. The fourth-order valence-electron chi connectivity index (χ4n) is 3.04. The highest BCUT2D eigenvalue weighted by Gasteiger charge is 2.32. The molecule has 0 radical (unpaired) electrons. The van der Waals surface area contributed by atoms with Gasteiger partial charge in [0.05, 0.1) is 11.6 Å². The number of rotatable bonds is 3. The Hall–Kier alpha value is -3.03. The van der Waals surface area contributed by atoms with E-state index < -0.39 is 17.8 Å². The molecule has 1 aliphatic heterocycles. The molecule has 1 fully saturated rings. The summed E-state index contributed by atoms with van der Waals surface area (Å²) in [6, 6.07) is 8.95. The summed E-state index contributed by atoms with van der Waals surface area (Å²) in [6.45, 7) is 4.29. The summed E-state index contributed by atoms with van der Waals surface area (Å²) < 4.78 is 37.7. The van der Waals surface area contributed by atoms with E-state index in [1.54, 1.807) is 4.90 Å². The van der Waals surface area contributed by atoms with Gasteiger partial charge in [-0.2, -0.15) is 13.2 Å². The van der Waals surface area contributed by atoms with Gasteiger partial charge in [0.2, 0.25) is 5.91 Å². The van der Waals surface area contributed by atoms with E-state index in [-0.39, 0.29) is 24.1 Å². The van der Waals surface area contributed by atoms with Gasteiger partial charge in [-0.1, -0.05) is 6.07 Å². The Morgan fingerprint density at radius 1 is 1.07 bits per heavy atom. The van der Waals surface area contributed by atoms with Crippen LogP contribution in [0.5, 0.6) is 0 Å². The van der Waals surface area contributed by atoms with Crippen molar-refractivity contribution in [2.45, 2.75) is 32.5 Å². The van der Waals surface area contributed by atoms with Gasteiger partial charge in [-0.25, -0.2) is 4.79 Å². The molecule has 2 aromatic rings. The highest BCUT2D eigenvalue weighted by Crippen LogP contribution is 2.30. The van der Waals surface area contributed by atoms with Gasteiger partial charge in [0.15, 0.2) is 0 Å². The zero-order valence-electron chi connectivity index (χ0n) is 15.4. The zero-order chi connectivity index (χ0) is 20.5. The average molecular weight is 391 g/mol. The molecule has 1 aliphatic rings. The molecule has 28 heavy (non-hydrogen) atoms. The number of alkyl halides is 3. The van der Waals surface area contributed by atoms with Crippen molar-refractivity contribution in [3.63, 3.8) is 0 Å². The average Bonchev–Trinajstić information content (AvgIpc) is 2.97. The van der Waals surface area contributed by atoms with Gasteiger partial charge < -0.3 is 15.5 Å². The number of nitrogens with zero attached hydrogens (tertiary/aromatic N) is 1. The Kier molecular flexibility index (Phi) is 5.31. The van der Waals surface area contributed by atoms with Crippen molar-refractivity contribution >= 4 is 23.3 Å². The number of aryl methyl sites for hydroxylation is 2.